The van der Waals surface area contributed by atoms with E-state index in [1.54, 1.807) is 14.2 Å². The molecule has 0 amide bonds. The van der Waals surface area contributed by atoms with Crippen LogP contribution in [0.2, 0.25) is 0 Å². The molecule has 1 fully saturated rings. The predicted molar refractivity (Wildman–Crippen MR) is 130 cm³/mol. The van der Waals surface area contributed by atoms with Crippen LogP contribution in [0.3, 0.4) is 0 Å². The van der Waals surface area contributed by atoms with E-state index >= 15 is 0 Å². The summed E-state index contributed by atoms with van der Waals surface area (Å²) >= 11 is 1.92. The van der Waals surface area contributed by atoms with E-state index < -0.39 is 0 Å². The number of aryl methyl sites for hydroxylation is 1. The van der Waals surface area contributed by atoms with E-state index in [2.05, 4.69) is 34.9 Å². The average Bonchev–Trinajstić information content (AvgIpc) is 3.22. The molecule has 2 aromatic rings. The molecule has 3 rings (SSSR count). The number of ether oxygens (including phenoxy) is 3. The Labute approximate surface area is 189 Å². The van der Waals surface area contributed by atoms with Gasteiger partial charge in [0.15, 0.2) is 5.96 Å². The molecule has 2 heterocycles. The zero-order valence-corrected chi connectivity index (χ0v) is 20.0. The van der Waals surface area contributed by atoms with Crippen molar-refractivity contribution in [2.45, 2.75) is 37.4 Å². The number of rotatable bonds is 10. The third kappa shape index (κ3) is 6.23. The van der Waals surface area contributed by atoms with Gasteiger partial charge in [-0.05, 0) is 44.9 Å². The molecule has 172 valence electrons. The van der Waals surface area contributed by atoms with Gasteiger partial charge in [0.05, 0.1) is 26.3 Å². The minimum absolute atomic E-state index is 0.199. The van der Waals surface area contributed by atoms with Crippen molar-refractivity contribution in [2.75, 3.05) is 53.3 Å². The van der Waals surface area contributed by atoms with Gasteiger partial charge < -0.3 is 29.8 Å². The number of benzene rings is 1. The lowest BCUT2D eigenvalue weighted by atomic mass is 9.99. The van der Waals surface area contributed by atoms with E-state index in [0.717, 1.165) is 86.9 Å². The first kappa shape index (κ1) is 23.6. The quantitative estimate of drug-likeness (QED) is 0.293. The topological polar surface area (TPSA) is 79.9 Å². The fourth-order valence-corrected chi connectivity index (χ4v) is 4.65. The monoisotopic (exact) mass is 448 g/mol. The maximum Gasteiger partial charge on any atom is 0.191 e. The second-order valence-electron chi connectivity index (χ2n) is 7.81. The summed E-state index contributed by atoms with van der Waals surface area (Å²) in [6.45, 7) is 6.30. The second kappa shape index (κ2) is 11.5. The molecule has 0 unspecified atom stereocenters. The molecule has 8 heteroatoms. The molecule has 1 saturated heterocycles. The Morgan fingerprint density at radius 3 is 2.68 bits per heavy atom. The van der Waals surface area contributed by atoms with E-state index in [4.69, 9.17) is 19.2 Å². The zero-order valence-electron chi connectivity index (χ0n) is 19.2. The van der Waals surface area contributed by atoms with E-state index in [9.17, 15) is 0 Å². The standard InChI is InChI=1S/C23H36N4O3S/c1-5-24-22(26-16-23(31-4)8-11-30-12-9-23)25-10-6-7-17-13-19-20(27-17)14-18(28-2)15-21(19)29-3/h13-15,27H,5-12,16H2,1-4H3,(H2,24,25,26). The largest absolute Gasteiger partial charge is 0.497 e. The minimum atomic E-state index is 0.199. The van der Waals surface area contributed by atoms with Gasteiger partial charge in [-0.1, -0.05) is 0 Å². The second-order valence-corrected chi connectivity index (χ2v) is 9.08. The molecule has 0 spiro atoms. The van der Waals surface area contributed by atoms with Crippen LogP contribution in [0.5, 0.6) is 11.5 Å². The van der Waals surface area contributed by atoms with Crippen molar-refractivity contribution in [3.63, 3.8) is 0 Å². The van der Waals surface area contributed by atoms with Crippen LogP contribution in [-0.2, 0) is 11.2 Å². The van der Waals surface area contributed by atoms with Gasteiger partial charge in [-0.3, -0.25) is 4.99 Å². The first-order valence-electron chi connectivity index (χ1n) is 11.0. The number of nitrogens with zero attached hydrogens (tertiary/aromatic N) is 1. The third-order valence-corrected chi connectivity index (χ3v) is 7.21. The molecule has 0 atom stereocenters. The van der Waals surface area contributed by atoms with Crippen LogP contribution < -0.4 is 20.1 Å². The van der Waals surface area contributed by atoms with Crippen LogP contribution in [-0.4, -0.2) is 69.0 Å². The van der Waals surface area contributed by atoms with Gasteiger partial charge in [-0.15, -0.1) is 0 Å². The van der Waals surface area contributed by atoms with Gasteiger partial charge >= 0.3 is 0 Å². The molecule has 0 bridgehead atoms. The number of H-pyrrole nitrogens is 1. The molecule has 0 saturated carbocycles. The molecule has 1 aromatic heterocycles. The number of thioether (sulfide) groups is 1. The van der Waals surface area contributed by atoms with Crippen molar-refractivity contribution in [3.8, 4) is 11.5 Å². The molecular formula is C23H36N4O3S. The minimum Gasteiger partial charge on any atom is -0.497 e. The highest BCUT2D eigenvalue weighted by Crippen LogP contribution is 2.34. The smallest absolute Gasteiger partial charge is 0.191 e. The number of guanidine groups is 1. The number of fused-ring (bicyclic) bond motifs is 1. The van der Waals surface area contributed by atoms with Crippen molar-refractivity contribution < 1.29 is 14.2 Å². The van der Waals surface area contributed by atoms with E-state index in [1.807, 2.05) is 23.9 Å². The first-order valence-corrected chi connectivity index (χ1v) is 12.2. The number of hydrogen-bond donors (Lipinski definition) is 3. The zero-order chi connectivity index (χ0) is 22.1. The van der Waals surface area contributed by atoms with Crippen LogP contribution in [0, 0.1) is 0 Å². The molecule has 0 aliphatic carbocycles. The Hall–Kier alpha value is -2.06. The van der Waals surface area contributed by atoms with Crippen LogP contribution in [0.25, 0.3) is 10.9 Å². The summed E-state index contributed by atoms with van der Waals surface area (Å²) in [5.74, 6) is 2.51. The third-order valence-electron chi connectivity index (χ3n) is 5.81. The summed E-state index contributed by atoms with van der Waals surface area (Å²) in [6, 6.07) is 6.09. The number of hydrogen-bond acceptors (Lipinski definition) is 5. The van der Waals surface area contributed by atoms with Crippen LogP contribution in [0.1, 0.15) is 31.9 Å². The SMILES string of the molecule is CCNC(=NCC1(SC)CCOCC1)NCCCc1cc2c(OC)cc(OC)cc2[nH]1. The van der Waals surface area contributed by atoms with Gasteiger partial charge in [0.2, 0.25) is 0 Å². The number of aromatic amines is 1. The fraction of sp³-hybridized carbons (Fsp3) is 0.609. The number of methoxy groups -OCH3 is 2. The van der Waals surface area contributed by atoms with Crippen molar-refractivity contribution in [2.24, 2.45) is 4.99 Å². The Bertz CT molecular complexity index is 862. The van der Waals surface area contributed by atoms with Gasteiger partial charge in [-0.25, -0.2) is 0 Å². The lowest BCUT2D eigenvalue weighted by Gasteiger charge is -2.34. The summed E-state index contributed by atoms with van der Waals surface area (Å²) in [5, 5.41) is 7.94. The highest BCUT2D eigenvalue weighted by atomic mass is 32.2. The average molecular weight is 449 g/mol. The Morgan fingerprint density at radius 2 is 2.00 bits per heavy atom. The van der Waals surface area contributed by atoms with Gasteiger partial charge in [0, 0.05) is 54.3 Å². The molecule has 0 radical (unpaired) electrons. The van der Waals surface area contributed by atoms with Crippen molar-refractivity contribution in [3.05, 3.63) is 23.9 Å². The normalized spacial score (nSPS) is 16.3. The van der Waals surface area contributed by atoms with Crippen molar-refractivity contribution in [1.29, 1.82) is 0 Å². The fourth-order valence-electron chi connectivity index (χ4n) is 3.88. The van der Waals surface area contributed by atoms with Gasteiger partial charge in [0.1, 0.15) is 11.5 Å². The predicted octanol–water partition coefficient (Wildman–Crippen LogP) is 3.59. The molecule has 1 aromatic carbocycles. The van der Waals surface area contributed by atoms with E-state index in [0.29, 0.717) is 0 Å². The molecule has 1 aliphatic rings. The summed E-state index contributed by atoms with van der Waals surface area (Å²) in [7, 11) is 3.36. The molecular weight excluding hydrogens is 412 g/mol. The maximum absolute atomic E-state index is 5.54. The first-order chi connectivity index (χ1) is 15.1. The van der Waals surface area contributed by atoms with Gasteiger partial charge in [-0.2, -0.15) is 11.8 Å². The highest BCUT2D eigenvalue weighted by Gasteiger charge is 2.31. The van der Waals surface area contributed by atoms with Crippen molar-refractivity contribution in [1.82, 2.24) is 15.6 Å². The number of aliphatic imine (C=N–C) groups is 1. The Balaban J connectivity index is 1.55. The lowest BCUT2D eigenvalue weighted by molar-refractivity contribution is 0.0794. The van der Waals surface area contributed by atoms with Crippen LogP contribution in [0.15, 0.2) is 23.2 Å². The summed E-state index contributed by atoms with van der Waals surface area (Å²) in [6.07, 6.45) is 6.25. The molecule has 3 N–H and O–H groups in total. The van der Waals surface area contributed by atoms with Crippen LogP contribution in [0.4, 0.5) is 0 Å². The Kier molecular flexibility index (Phi) is 8.78. The van der Waals surface area contributed by atoms with Gasteiger partial charge in [0.25, 0.3) is 0 Å². The van der Waals surface area contributed by atoms with E-state index in [1.165, 1.54) is 5.69 Å². The molecule has 7 nitrogen and oxygen atoms in total. The molecule has 1 aliphatic heterocycles. The lowest BCUT2D eigenvalue weighted by Crippen LogP contribution is -2.41. The van der Waals surface area contributed by atoms with Crippen molar-refractivity contribution >= 4 is 28.6 Å². The number of nitrogens with one attached hydrogen (secondary N) is 3. The number of aromatic nitrogens is 1. The van der Waals surface area contributed by atoms with Crippen LogP contribution >= 0.6 is 11.8 Å². The highest BCUT2D eigenvalue weighted by molar-refractivity contribution is 8.00. The summed E-state index contributed by atoms with van der Waals surface area (Å²) < 4.78 is 16.6. The Morgan fingerprint density at radius 1 is 1.19 bits per heavy atom. The summed E-state index contributed by atoms with van der Waals surface area (Å²) in [4.78, 5) is 8.37. The summed E-state index contributed by atoms with van der Waals surface area (Å²) in [5.41, 5.74) is 2.22. The maximum atomic E-state index is 5.54. The van der Waals surface area contributed by atoms with E-state index in [-0.39, 0.29) is 4.75 Å². The molecule has 31 heavy (non-hydrogen) atoms.